The summed E-state index contributed by atoms with van der Waals surface area (Å²) in [6, 6.07) is 0.364. The van der Waals surface area contributed by atoms with E-state index in [1.54, 1.807) is 0 Å². The number of hydrogen-bond donors (Lipinski definition) is 2. The van der Waals surface area contributed by atoms with Crippen molar-refractivity contribution >= 4 is 0 Å². The maximum absolute atomic E-state index is 9.69. The Labute approximate surface area is 81.7 Å². The number of nitrogens with one attached hydrogen (secondary N) is 1. The summed E-state index contributed by atoms with van der Waals surface area (Å²) in [4.78, 5) is 0. The SMILES string of the molecule is CC[C@@H](C)CN[C@@H]1CCCC[C@@H]1O. The van der Waals surface area contributed by atoms with Crippen LogP contribution in [0.25, 0.3) is 0 Å². The summed E-state index contributed by atoms with van der Waals surface area (Å²) in [7, 11) is 0. The van der Waals surface area contributed by atoms with Gasteiger partial charge in [0.25, 0.3) is 0 Å². The third-order valence-electron chi connectivity index (χ3n) is 3.15. The van der Waals surface area contributed by atoms with Crippen molar-refractivity contribution in [2.75, 3.05) is 6.54 Å². The summed E-state index contributed by atoms with van der Waals surface area (Å²) in [6.07, 6.45) is 5.72. The van der Waals surface area contributed by atoms with Crippen LogP contribution < -0.4 is 5.32 Å². The lowest BCUT2D eigenvalue weighted by Crippen LogP contribution is -2.43. The van der Waals surface area contributed by atoms with Gasteiger partial charge < -0.3 is 10.4 Å². The van der Waals surface area contributed by atoms with Crippen LogP contribution in [0.3, 0.4) is 0 Å². The van der Waals surface area contributed by atoms with Crippen molar-refractivity contribution in [1.29, 1.82) is 0 Å². The average molecular weight is 185 g/mol. The predicted octanol–water partition coefficient (Wildman–Crippen LogP) is 1.93. The van der Waals surface area contributed by atoms with Crippen LogP contribution in [0.5, 0.6) is 0 Å². The second kappa shape index (κ2) is 5.61. The molecule has 2 nitrogen and oxygen atoms in total. The normalized spacial score (nSPS) is 31.6. The van der Waals surface area contributed by atoms with Gasteiger partial charge in [-0.2, -0.15) is 0 Å². The van der Waals surface area contributed by atoms with E-state index >= 15 is 0 Å². The highest BCUT2D eigenvalue weighted by molar-refractivity contribution is 4.80. The number of aliphatic hydroxyl groups is 1. The first-order valence-corrected chi connectivity index (χ1v) is 5.65. The summed E-state index contributed by atoms with van der Waals surface area (Å²) in [5.41, 5.74) is 0. The van der Waals surface area contributed by atoms with Crippen LogP contribution >= 0.6 is 0 Å². The fourth-order valence-electron chi connectivity index (χ4n) is 1.85. The number of hydrogen-bond acceptors (Lipinski definition) is 2. The molecule has 13 heavy (non-hydrogen) atoms. The van der Waals surface area contributed by atoms with E-state index in [9.17, 15) is 5.11 Å². The second-order valence-corrected chi connectivity index (χ2v) is 4.38. The number of aliphatic hydroxyl groups excluding tert-OH is 1. The zero-order valence-electron chi connectivity index (χ0n) is 8.92. The Kier molecular flexibility index (Phi) is 4.74. The Morgan fingerprint density at radius 3 is 2.69 bits per heavy atom. The zero-order valence-corrected chi connectivity index (χ0v) is 8.92. The van der Waals surface area contributed by atoms with Crippen LogP contribution in [-0.4, -0.2) is 23.8 Å². The van der Waals surface area contributed by atoms with Gasteiger partial charge in [0.05, 0.1) is 6.10 Å². The molecule has 2 heteroatoms. The van der Waals surface area contributed by atoms with E-state index in [0.29, 0.717) is 6.04 Å². The maximum Gasteiger partial charge on any atom is 0.0693 e. The molecule has 0 aliphatic heterocycles. The Morgan fingerprint density at radius 1 is 1.38 bits per heavy atom. The second-order valence-electron chi connectivity index (χ2n) is 4.38. The van der Waals surface area contributed by atoms with Crippen LogP contribution in [0, 0.1) is 5.92 Å². The van der Waals surface area contributed by atoms with Crippen molar-refractivity contribution in [1.82, 2.24) is 5.32 Å². The van der Waals surface area contributed by atoms with Gasteiger partial charge in [-0.05, 0) is 25.3 Å². The van der Waals surface area contributed by atoms with Gasteiger partial charge in [0.1, 0.15) is 0 Å². The third kappa shape index (κ3) is 3.65. The molecule has 3 atom stereocenters. The van der Waals surface area contributed by atoms with Crippen molar-refractivity contribution in [3.63, 3.8) is 0 Å². The highest BCUT2D eigenvalue weighted by Gasteiger charge is 2.22. The fourth-order valence-corrected chi connectivity index (χ4v) is 1.85. The highest BCUT2D eigenvalue weighted by atomic mass is 16.3. The molecule has 1 aliphatic carbocycles. The molecule has 1 saturated carbocycles. The molecule has 0 saturated heterocycles. The molecular weight excluding hydrogens is 162 g/mol. The molecule has 1 rings (SSSR count). The van der Waals surface area contributed by atoms with Crippen LogP contribution in [0.2, 0.25) is 0 Å². The lowest BCUT2D eigenvalue weighted by Gasteiger charge is -2.29. The van der Waals surface area contributed by atoms with Crippen molar-refractivity contribution < 1.29 is 5.11 Å². The first kappa shape index (κ1) is 11.0. The van der Waals surface area contributed by atoms with Crippen LogP contribution in [-0.2, 0) is 0 Å². The smallest absolute Gasteiger partial charge is 0.0693 e. The van der Waals surface area contributed by atoms with E-state index in [4.69, 9.17) is 0 Å². The van der Waals surface area contributed by atoms with E-state index in [1.165, 1.54) is 19.3 Å². The minimum absolute atomic E-state index is 0.0993. The lowest BCUT2D eigenvalue weighted by molar-refractivity contribution is 0.0891. The molecule has 0 radical (unpaired) electrons. The largest absolute Gasteiger partial charge is 0.392 e. The Balaban J connectivity index is 2.18. The summed E-state index contributed by atoms with van der Waals surface area (Å²) in [6.45, 7) is 5.52. The van der Waals surface area contributed by atoms with Crippen molar-refractivity contribution in [3.8, 4) is 0 Å². The van der Waals surface area contributed by atoms with Crippen LogP contribution in [0.4, 0.5) is 0 Å². The third-order valence-corrected chi connectivity index (χ3v) is 3.15. The van der Waals surface area contributed by atoms with Gasteiger partial charge in [-0.1, -0.05) is 33.1 Å². The zero-order chi connectivity index (χ0) is 9.68. The fraction of sp³-hybridized carbons (Fsp3) is 1.00. The Hall–Kier alpha value is -0.0800. The first-order chi connectivity index (χ1) is 6.24. The maximum atomic E-state index is 9.69. The molecule has 78 valence electrons. The van der Waals surface area contributed by atoms with E-state index in [-0.39, 0.29) is 6.10 Å². The molecule has 0 spiro atoms. The molecule has 0 aromatic carbocycles. The molecule has 0 bridgehead atoms. The lowest BCUT2D eigenvalue weighted by atomic mass is 9.92. The minimum atomic E-state index is -0.0993. The summed E-state index contributed by atoms with van der Waals surface area (Å²) in [5, 5.41) is 13.2. The van der Waals surface area contributed by atoms with E-state index in [0.717, 1.165) is 25.3 Å². The van der Waals surface area contributed by atoms with Gasteiger partial charge in [-0.25, -0.2) is 0 Å². The Bertz CT molecular complexity index is 138. The van der Waals surface area contributed by atoms with Crippen LogP contribution in [0.15, 0.2) is 0 Å². The monoisotopic (exact) mass is 185 g/mol. The van der Waals surface area contributed by atoms with Crippen LogP contribution in [0.1, 0.15) is 46.0 Å². The van der Waals surface area contributed by atoms with Gasteiger partial charge in [-0.3, -0.25) is 0 Å². The van der Waals surface area contributed by atoms with E-state index in [1.807, 2.05) is 0 Å². The molecule has 0 aromatic heterocycles. The number of rotatable bonds is 4. The van der Waals surface area contributed by atoms with Gasteiger partial charge in [-0.15, -0.1) is 0 Å². The van der Waals surface area contributed by atoms with Gasteiger partial charge in [0, 0.05) is 6.04 Å². The van der Waals surface area contributed by atoms with E-state index in [2.05, 4.69) is 19.2 Å². The van der Waals surface area contributed by atoms with E-state index < -0.39 is 0 Å². The predicted molar refractivity (Wildman–Crippen MR) is 55.7 cm³/mol. The van der Waals surface area contributed by atoms with Crippen molar-refractivity contribution in [2.45, 2.75) is 58.1 Å². The molecule has 0 unspecified atom stereocenters. The molecule has 2 N–H and O–H groups in total. The molecular formula is C11H23NO. The molecule has 0 heterocycles. The molecule has 1 fully saturated rings. The summed E-state index contributed by atoms with van der Waals surface area (Å²) in [5.74, 6) is 0.731. The van der Waals surface area contributed by atoms with Gasteiger partial charge in [0.15, 0.2) is 0 Å². The first-order valence-electron chi connectivity index (χ1n) is 5.65. The Morgan fingerprint density at radius 2 is 2.08 bits per heavy atom. The summed E-state index contributed by atoms with van der Waals surface area (Å²) >= 11 is 0. The minimum Gasteiger partial charge on any atom is -0.392 e. The topological polar surface area (TPSA) is 32.3 Å². The van der Waals surface area contributed by atoms with Crippen molar-refractivity contribution in [2.24, 2.45) is 5.92 Å². The standard InChI is InChI=1S/C11H23NO/c1-3-9(2)8-12-10-6-4-5-7-11(10)13/h9-13H,3-8H2,1-2H3/t9-,10-,11+/m1/s1. The molecule has 1 aliphatic rings. The molecule has 0 aromatic rings. The van der Waals surface area contributed by atoms with Gasteiger partial charge >= 0.3 is 0 Å². The highest BCUT2D eigenvalue weighted by Crippen LogP contribution is 2.18. The quantitative estimate of drug-likeness (QED) is 0.701. The average Bonchev–Trinajstić information content (AvgIpc) is 2.16. The van der Waals surface area contributed by atoms with Crippen molar-refractivity contribution in [3.05, 3.63) is 0 Å². The molecule has 0 amide bonds. The van der Waals surface area contributed by atoms with Gasteiger partial charge in [0.2, 0.25) is 0 Å². The summed E-state index contributed by atoms with van der Waals surface area (Å²) < 4.78 is 0.